The second-order valence-electron chi connectivity index (χ2n) is 7.53. The Hall–Kier alpha value is -1.41. The van der Waals surface area contributed by atoms with E-state index in [-0.39, 0.29) is 11.8 Å². The van der Waals surface area contributed by atoms with Crippen LogP contribution in [0, 0.1) is 5.92 Å². The van der Waals surface area contributed by atoms with E-state index in [1.807, 2.05) is 6.92 Å². The number of amides is 2. The van der Waals surface area contributed by atoms with Gasteiger partial charge in [0.1, 0.15) is 0 Å². The van der Waals surface area contributed by atoms with Gasteiger partial charge in [-0.1, -0.05) is 19.8 Å². The molecule has 0 spiro atoms. The summed E-state index contributed by atoms with van der Waals surface area (Å²) in [6.07, 6.45) is 8.19. The monoisotopic (exact) mass is 383 g/mol. The number of hydrogen-bond donors (Lipinski definition) is 0. The number of carbonyl (C=O) groups excluding carboxylic acids is 2. The first-order chi connectivity index (χ1) is 12.3. The number of nitrogens with zero attached hydrogens (tertiary/aromatic N) is 3. The Morgan fingerprint density at radius 1 is 1.23 bits per heavy atom. The van der Waals surface area contributed by atoms with Crippen molar-refractivity contribution in [3.63, 3.8) is 0 Å². The molecular formula is C18H29N3O4S. The zero-order chi connectivity index (χ0) is 18.9. The molecule has 3 rings (SSSR count). The fraction of sp³-hybridized carbons (Fsp3) is 0.778. The third-order valence-electron chi connectivity index (χ3n) is 5.61. The summed E-state index contributed by atoms with van der Waals surface area (Å²) in [5.41, 5.74) is 0.474. The van der Waals surface area contributed by atoms with E-state index >= 15 is 0 Å². The summed E-state index contributed by atoms with van der Waals surface area (Å²) in [5.74, 6) is -0.836. The van der Waals surface area contributed by atoms with Crippen LogP contribution in [0.4, 0.5) is 0 Å². The molecule has 0 radical (unpaired) electrons. The van der Waals surface area contributed by atoms with Gasteiger partial charge < -0.3 is 9.80 Å². The van der Waals surface area contributed by atoms with Crippen LogP contribution < -0.4 is 0 Å². The van der Waals surface area contributed by atoms with Crippen LogP contribution in [0.5, 0.6) is 0 Å². The van der Waals surface area contributed by atoms with Gasteiger partial charge in [0, 0.05) is 19.5 Å². The molecule has 3 aliphatic rings. The first kappa shape index (κ1) is 19.4. The Labute approximate surface area is 156 Å². The molecule has 7 nitrogen and oxygen atoms in total. The molecule has 0 aromatic carbocycles. The molecule has 2 atom stereocenters. The molecule has 0 aromatic rings. The molecule has 26 heavy (non-hydrogen) atoms. The van der Waals surface area contributed by atoms with Gasteiger partial charge in [-0.05, 0) is 38.4 Å². The number of rotatable bonds is 6. The van der Waals surface area contributed by atoms with Crippen LogP contribution in [0.3, 0.4) is 0 Å². The van der Waals surface area contributed by atoms with Crippen molar-refractivity contribution < 1.29 is 18.0 Å². The highest BCUT2D eigenvalue weighted by molar-refractivity contribution is 7.89. The van der Waals surface area contributed by atoms with Crippen LogP contribution in [0.1, 0.15) is 45.4 Å². The summed E-state index contributed by atoms with van der Waals surface area (Å²) in [5, 5.41) is 0. The highest BCUT2D eigenvalue weighted by Gasteiger charge is 2.53. The molecule has 0 unspecified atom stereocenters. The number of piperidine rings is 1. The Bertz CT molecular complexity index is 697. The van der Waals surface area contributed by atoms with Crippen LogP contribution >= 0.6 is 0 Å². The van der Waals surface area contributed by atoms with Crippen molar-refractivity contribution in [2.45, 2.75) is 51.5 Å². The molecular weight excluding hydrogens is 354 g/mol. The van der Waals surface area contributed by atoms with Gasteiger partial charge in [-0.3, -0.25) is 9.59 Å². The van der Waals surface area contributed by atoms with E-state index in [0.717, 1.165) is 36.6 Å². The predicted octanol–water partition coefficient (Wildman–Crippen LogP) is 1.18. The van der Waals surface area contributed by atoms with Gasteiger partial charge in [-0.15, -0.1) is 0 Å². The molecule has 3 heterocycles. The van der Waals surface area contributed by atoms with Crippen LogP contribution in [0.15, 0.2) is 11.8 Å². The van der Waals surface area contributed by atoms with Crippen molar-refractivity contribution in [1.29, 1.82) is 0 Å². The molecule has 2 amide bonds. The molecule has 0 N–H and O–H groups in total. The standard InChI is InChI=1S/C18H29N3O4S/c1-3-7-14-17-15(21(18(14)23)26(2,24)25)8-13-20(17)16(22)9-12-19-10-5-4-6-11-19/h8,14,17H,3-7,9-13H2,1-2H3/t14-,17-/m1/s1. The maximum Gasteiger partial charge on any atom is 0.246 e. The van der Waals surface area contributed by atoms with Gasteiger partial charge in [0.05, 0.1) is 23.9 Å². The zero-order valence-electron chi connectivity index (χ0n) is 15.7. The molecule has 146 valence electrons. The third-order valence-corrected chi connectivity index (χ3v) is 6.67. The van der Waals surface area contributed by atoms with Crippen LogP contribution in [0.2, 0.25) is 0 Å². The van der Waals surface area contributed by atoms with E-state index in [1.165, 1.54) is 19.3 Å². The minimum Gasteiger partial charge on any atom is -0.329 e. The average molecular weight is 384 g/mol. The lowest BCUT2D eigenvalue weighted by molar-refractivity contribution is -0.134. The first-order valence-corrected chi connectivity index (χ1v) is 11.5. The fourth-order valence-electron chi connectivity index (χ4n) is 4.41. The van der Waals surface area contributed by atoms with E-state index in [0.29, 0.717) is 25.1 Å². The van der Waals surface area contributed by atoms with Crippen LogP contribution in [-0.2, 0) is 19.6 Å². The lowest BCUT2D eigenvalue weighted by Crippen LogP contribution is -2.42. The van der Waals surface area contributed by atoms with Crippen molar-refractivity contribution in [2.75, 3.05) is 32.4 Å². The highest BCUT2D eigenvalue weighted by atomic mass is 32.2. The van der Waals surface area contributed by atoms with Crippen molar-refractivity contribution in [1.82, 2.24) is 14.1 Å². The molecule has 2 saturated heterocycles. The molecule has 3 aliphatic heterocycles. The van der Waals surface area contributed by atoms with Gasteiger partial charge in [0.25, 0.3) is 0 Å². The minimum absolute atomic E-state index is 0.0103. The maximum absolute atomic E-state index is 12.8. The summed E-state index contributed by atoms with van der Waals surface area (Å²) < 4.78 is 25.1. The second kappa shape index (κ2) is 7.68. The molecule has 0 aliphatic carbocycles. The van der Waals surface area contributed by atoms with Crippen molar-refractivity contribution in [3.8, 4) is 0 Å². The van der Waals surface area contributed by atoms with Crippen molar-refractivity contribution in [2.24, 2.45) is 5.92 Å². The molecule has 2 fully saturated rings. The average Bonchev–Trinajstić information content (AvgIpc) is 3.12. The summed E-state index contributed by atoms with van der Waals surface area (Å²) in [6, 6.07) is -0.425. The number of sulfonamides is 1. The summed E-state index contributed by atoms with van der Waals surface area (Å²) in [4.78, 5) is 29.5. The van der Waals surface area contributed by atoms with Gasteiger partial charge in [-0.2, -0.15) is 0 Å². The summed E-state index contributed by atoms with van der Waals surface area (Å²) >= 11 is 0. The fourth-order valence-corrected chi connectivity index (χ4v) is 5.44. The number of fused-ring (bicyclic) bond motifs is 1. The number of likely N-dealkylation sites (tertiary alicyclic amines) is 1. The number of hydrogen-bond acceptors (Lipinski definition) is 5. The number of carbonyl (C=O) groups is 2. The van der Waals surface area contributed by atoms with Crippen LogP contribution in [0.25, 0.3) is 0 Å². The van der Waals surface area contributed by atoms with E-state index in [9.17, 15) is 18.0 Å². The van der Waals surface area contributed by atoms with Gasteiger partial charge in [-0.25, -0.2) is 12.7 Å². The lowest BCUT2D eigenvalue weighted by Gasteiger charge is -2.30. The van der Waals surface area contributed by atoms with Gasteiger partial charge in [0.15, 0.2) is 0 Å². The van der Waals surface area contributed by atoms with Gasteiger partial charge in [0.2, 0.25) is 21.8 Å². The Morgan fingerprint density at radius 2 is 1.92 bits per heavy atom. The minimum atomic E-state index is -3.67. The van der Waals surface area contributed by atoms with Crippen LogP contribution in [-0.4, -0.2) is 72.8 Å². The highest BCUT2D eigenvalue weighted by Crippen LogP contribution is 2.40. The Balaban J connectivity index is 1.72. The normalized spacial score (nSPS) is 27.0. The predicted molar refractivity (Wildman–Crippen MR) is 98.6 cm³/mol. The van der Waals surface area contributed by atoms with E-state index in [2.05, 4.69) is 4.90 Å². The quantitative estimate of drug-likeness (QED) is 0.688. The van der Waals surface area contributed by atoms with E-state index in [1.54, 1.807) is 11.0 Å². The van der Waals surface area contributed by atoms with Crippen molar-refractivity contribution in [3.05, 3.63) is 11.8 Å². The molecule has 8 heteroatoms. The largest absolute Gasteiger partial charge is 0.329 e. The summed E-state index contributed by atoms with van der Waals surface area (Å²) in [7, 11) is -3.67. The summed E-state index contributed by atoms with van der Waals surface area (Å²) in [6.45, 7) is 5.17. The Morgan fingerprint density at radius 3 is 2.54 bits per heavy atom. The Kier molecular flexibility index (Phi) is 5.72. The van der Waals surface area contributed by atoms with E-state index < -0.39 is 22.0 Å². The molecule has 0 aromatic heterocycles. The molecule has 0 bridgehead atoms. The maximum atomic E-state index is 12.8. The van der Waals surface area contributed by atoms with Crippen molar-refractivity contribution >= 4 is 21.8 Å². The smallest absolute Gasteiger partial charge is 0.246 e. The second-order valence-corrected chi connectivity index (χ2v) is 9.36. The zero-order valence-corrected chi connectivity index (χ0v) is 16.5. The lowest BCUT2D eigenvalue weighted by atomic mass is 9.96. The third kappa shape index (κ3) is 3.67. The molecule has 0 saturated carbocycles. The van der Waals surface area contributed by atoms with Gasteiger partial charge >= 0.3 is 0 Å². The topological polar surface area (TPSA) is 78.0 Å². The van der Waals surface area contributed by atoms with E-state index in [4.69, 9.17) is 0 Å². The SMILES string of the molecule is CCC[C@H]1C(=O)N(S(C)(=O)=O)C2=CCN(C(=O)CCN3CCCCC3)[C@@H]21. The first-order valence-electron chi connectivity index (χ1n) is 9.60.